The molecule has 0 unspecified atom stereocenters. The van der Waals surface area contributed by atoms with Gasteiger partial charge in [-0.2, -0.15) is 0 Å². The lowest BCUT2D eigenvalue weighted by Gasteiger charge is -2.21. The van der Waals surface area contributed by atoms with Crippen molar-refractivity contribution in [3.8, 4) is 22.5 Å². The quantitative estimate of drug-likeness (QED) is 0.735. The van der Waals surface area contributed by atoms with Gasteiger partial charge in [-0.3, -0.25) is 0 Å². The van der Waals surface area contributed by atoms with Crippen LogP contribution in [0.25, 0.3) is 22.5 Å². The molecule has 0 saturated carbocycles. The predicted octanol–water partition coefficient (Wildman–Crippen LogP) is 4.14. The molecule has 0 fully saturated rings. The normalized spacial score (nSPS) is 12.6. The average Bonchev–Trinajstić information content (AvgIpc) is 2.54. The molecule has 4 heteroatoms. The van der Waals surface area contributed by atoms with E-state index >= 15 is 0 Å². The molecule has 0 bridgehead atoms. The van der Waals surface area contributed by atoms with Crippen molar-refractivity contribution in [1.82, 2.24) is 9.97 Å². The molecule has 0 aliphatic heterocycles. The first kappa shape index (κ1) is 13.3. The number of halogens is 1. The van der Waals surface area contributed by atoms with Crippen molar-refractivity contribution in [2.75, 3.05) is 5.73 Å². The van der Waals surface area contributed by atoms with Crippen molar-refractivity contribution in [2.45, 2.75) is 12.8 Å². The monoisotopic (exact) mass is 307 g/mol. The average molecular weight is 308 g/mol. The van der Waals surface area contributed by atoms with Gasteiger partial charge in [0.05, 0.1) is 11.4 Å². The fraction of sp³-hybridized carbons (Fsp3) is 0.111. The summed E-state index contributed by atoms with van der Waals surface area (Å²) in [5.74, 6) is 0.283. The van der Waals surface area contributed by atoms with Crippen LogP contribution in [0.2, 0.25) is 5.02 Å². The van der Waals surface area contributed by atoms with Crippen molar-refractivity contribution < 1.29 is 0 Å². The number of hydrogen-bond acceptors (Lipinski definition) is 3. The van der Waals surface area contributed by atoms with Gasteiger partial charge >= 0.3 is 0 Å². The summed E-state index contributed by atoms with van der Waals surface area (Å²) < 4.78 is 0. The number of nitrogen functional groups attached to an aromatic ring is 1. The van der Waals surface area contributed by atoms with Gasteiger partial charge in [-0.05, 0) is 24.5 Å². The Morgan fingerprint density at radius 3 is 2.23 bits per heavy atom. The van der Waals surface area contributed by atoms with E-state index in [4.69, 9.17) is 17.3 Å². The van der Waals surface area contributed by atoms with Crippen molar-refractivity contribution in [2.24, 2.45) is 0 Å². The maximum Gasteiger partial charge on any atom is 0.221 e. The molecule has 4 rings (SSSR count). The van der Waals surface area contributed by atoms with Gasteiger partial charge in [0, 0.05) is 21.7 Å². The Bertz CT molecular complexity index is 874. The third-order valence-electron chi connectivity index (χ3n) is 4.07. The van der Waals surface area contributed by atoms with E-state index < -0.39 is 0 Å². The molecule has 1 aliphatic rings. The van der Waals surface area contributed by atoms with Crippen molar-refractivity contribution >= 4 is 17.5 Å². The third kappa shape index (κ3) is 2.06. The third-order valence-corrected chi connectivity index (χ3v) is 4.40. The molecule has 3 nitrogen and oxygen atoms in total. The lowest BCUT2D eigenvalue weighted by molar-refractivity contribution is 0.917. The Balaban J connectivity index is 2.01. The van der Waals surface area contributed by atoms with Crippen LogP contribution in [-0.2, 0) is 12.8 Å². The molecule has 1 aliphatic carbocycles. The topological polar surface area (TPSA) is 51.8 Å². The number of rotatable bonds is 1. The summed E-state index contributed by atoms with van der Waals surface area (Å²) in [6, 6.07) is 16.1. The fourth-order valence-electron chi connectivity index (χ4n) is 3.07. The highest BCUT2D eigenvalue weighted by atomic mass is 35.5. The van der Waals surface area contributed by atoms with Crippen molar-refractivity contribution in [1.29, 1.82) is 0 Å². The highest BCUT2D eigenvalue weighted by molar-refractivity contribution is 6.33. The zero-order valence-corrected chi connectivity index (χ0v) is 12.6. The Hall–Kier alpha value is -2.39. The van der Waals surface area contributed by atoms with E-state index in [0.717, 1.165) is 40.9 Å². The maximum atomic E-state index is 6.35. The molecule has 2 N–H and O–H groups in total. The zero-order valence-electron chi connectivity index (χ0n) is 11.9. The minimum Gasteiger partial charge on any atom is -0.368 e. The van der Waals surface area contributed by atoms with Crippen molar-refractivity contribution in [3.05, 3.63) is 64.7 Å². The Morgan fingerprint density at radius 1 is 0.818 bits per heavy atom. The van der Waals surface area contributed by atoms with Gasteiger partial charge in [-0.15, -0.1) is 0 Å². The van der Waals surface area contributed by atoms with Crippen LogP contribution in [0.1, 0.15) is 11.1 Å². The molecule has 22 heavy (non-hydrogen) atoms. The fourth-order valence-corrected chi connectivity index (χ4v) is 3.29. The summed E-state index contributed by atoms with van der Waals surface area (Å²) >= 11 is 6.35. The predicted molar refractivity (Wildman–Crippen MR) is 89.7 cm³/mol. The van der Waals surface area contributed by atoms with Gasteiger partial charge < -0.3 is 5.73 Å². The number of hydrogen-bond donors (Lipinski definition) is 1. The first-order valence-electron chi connectivity index (χ1n) is 7.23. The van der Waals surface area contributed by atoms with E-state index in [9.17, 15) is 0 Å². The number of anilines is 1. The lowest BCUT2D eigenvalue weighted by Crippen LogP contribution is -2.11. The van der Waals surface area contributed by atoms with Gasteiger partial charge in [0.25, 0.3) is 0 Å². The SMILES string of the molecule is Nc1nc(-c2ccccc2Cl)c2c(n1)-c1ccccc1CC2. The van der Waals surface area contributed by atoms with E-state index in [1.54, 1.807) is 0 Å². The van der Waals surface area contributed by atoms with E-state index in [2.05, 4.69) is 28.2 Å². The first-order valence-corrected chi connectivity index (χ1v) is 7.61. The molecule has 0 radical (unpaired) electrons. The van der Waals surface area contributed by atoms with Crippen LogP contribution in [-0.4, -0.2) is 9.97 Å². The van der Waals surface area contributed by atoms with E-state index in [0.29, 0.717) is 5.02 Å². The number of fused-ring (bicyclic) bond motifs is 3. The second-order valence-electron chi connectivity index (χ2n) is 5.39. The Morgan fingerprint density at radius 2 is 1.45 bits per heavy atom. The molecule has 0 saturated heterocycles. The molecule has 3 aromatic rings. The number of benzene rings is 2. The van der Waals surface area contributed by atoms with Crippen LogP contribution in [0.4, 0.5) is 5.95 Å². The highest BCUT2D eigenvalue weighted by Gasteiger charge is 2.23. The van der Waals surface area contributed by atoms with E-state index in [1.807, 2.05) is 30.3 Å². The Kier molecular flexibility index (Phi) is 3.09. The largest absolute Gasteiger partial charge is 0.368 e. The minimum atomic E-state index is 0.283. The van der Waals surface area contributed by atoms with Gasteiger partial charge in [-0.1, -0.05) is 54.1 Å². The van der Waals surface area contributed by atoms with E-state index in [1.165, 1.54) is 5.56 Å². The van der Waals surface area contributed by atoms with Crippen molar-refractivity contribution in [3.63, 3.8) is 0 Å². The molecule has 0 spiro atoms. The number of nitrogens with zero attached hydrogens (tertiary/aromatic N) is 2. The highest BCUT2D eigenvalue weighted by Crippen LogP contribution is 2.38. The molecular weight excluding hydrogens is 294 g/mol. The van der Waals surface area contributed by atoms with Crippen LogP contribution >= 0.6 is 11.6 Å². The number of nitrogens with two attached hydrogens (primary N) is 1. The lowest BCUT2D eigenvalue weighted by atomic mass is 9.87. The molecule has 0 amide bonds. The van der Waals surface area contributed by atoms with Crippen LogP contribution in [0, 0.1) is 0 Å². The maximum absolute atomic E-state index is 6.35. The second kappa shape index (κ2) is 5.11. The van der Waals surface area contributed by atoms with Gasteiger partial charge in [-0.25, -0.2) is 9.97 Å². The molecule has 1 aromatic heterocycles. The summed E-state index contributed by atoms with van der Waals surface area (Å²) in [5.41, 5.74) is 12.2. The van der Waals surface area contributed by atoms with Crippen LogP contribution in [0.3, 0.4) is 0 Å². The van der Waals surface area contributed by atoms with Crippen LogP contribution < -0.4 is 5.73 Å². The summed E-state index contributed by atoms with van der Waals surface area (Å²) in [7, 11) is 0. The standard InChI is InChI=1S/C18H14ClN3/c19-15-8-4-3-7-13(15)17-14-10-9-11-5-1-2-6-12(11)16(14)21-18(20)22-17/h1-8H,9-10H2,(H2,20,21,22). The summed E-state index contributed by atoms with van der Waals surface area (Å²) in [5, 5.41) is 0.682. The zero-order chi connectivity index (χ0) is 15.1. The Labute approximate surface area is 133 Å². The smallest absolute Gasteiger partial charge is 0.221 e. The summed E-state index contributed by atoms with van der Waals surface area (Å²) in [6.45, 7) is 0. The van der Waals surface area contributed by atoms with Gasteiger partial charge in [0.2, 0.25) is 5.95 Å². The first-order chi connectivity index (χ1) is 10.7. The molecule has 1 heterocycles. The number of aromatic nitrogens is 2. The van der Waals surface area contributed by atoms with Crippen LogP contribution in [0.5, 0.6) is 0 Å². The minimum absolute atomic E-state index is 0.283. The molecule has 108 valence electrons. The summed E-state index contributed by atoms with van der Waals surface area (Å²) in [6.07, 6.45) is 1.88. The molecule has 0 atom stereocenters. The van der Waals surface area contributed by atoms with Gasteiger partial charge in [0.1, 0.15) is 0 Å². The summed E-state index contributed by atoms with van der Waals surface area (Å²) in [4.78, 5) is 8.97. The van der Waals surface area contributed by atoms with Crippen LogP contribution in [0.15, 0.2) is 48.5 Å². The van der Waals surface area contributed by atoms with E-state index in [-0.39, 0.29) is 5.95 Å². The number of aryl methyl sites for hydroxylation is 1. The van der Waals surface area contributed by atoms with Gasteiger partial charge in [0.15, 0.2) is 0 Å². The second-order valence-corrected chi connectivity index (χ2v) is 5.80. The molecular formula is C18H14ClN3. The molecule has 2 aromatic carbocycles.